The predicted octanol–water partition coefficient (Wildman–Crippen LogP) is 7.91. The van der Waals surface area contributed by atoms with Gasteiger partial charge in [-0.05, 0) is 110 Å². The normalized spacial score (nSPS) is 25.5. The minimum absolute atomic E-state index is 0.0756. The van der Waals surface area contributed by atoms with E-state index in [0.717, 1.165) is 23.8 Å². The van der Waals surface area contributed by atoms with Crippen molar-refractivity contribution in [3.63, 3.8) is 0 Å². The lowest BCUT2D eigenvalue weighted by atomic mass is 9.68. The van der Waals surface area contributed by atoms with Gasteiger partial charge in [0, 0.05) is 6.07 Å². The first-order valence-electron chi connectivity index (χ1n) is 11.9. The van der Waals surface area contributed by atoms with Gasteiger partial charge in [0.2, 0.25) is 0 Å². The van der Waals surface area contributed by atoms with E-state index in [2.05, 4.69) is 22.0 Å². The molecular weight excluding hydrogens is 481 g/mol. The largest absolute Gasteiger partial charge is 0.423 e. The number of hydrogen-bond acceptors (Lipinski definition) is 3. The van der Waals surface area contributed by atoms with E-state index in [1.165, 1.54) is 69.1 Å². The standard InChI is InChI=1S/C28H29BrFNO2/c29-16-15-19-1-3-20(4-2-19)21-5-7-22(8-6-21)23-9-11-24(12-10-23)28(32)33-26-14-13-25(18-31)27(30)17-26/h9-17,19-22H,1-8H2/b16-15+. The van der Waals surface area contributed by atoms with Crippen LogP contribution in [0, 0.1) is 34.9 Å². The molecule has 2 saturated carbocycles. The average molecular weight is 510 g/mol. The Morgan fingerprint density at radius 1 is 0.970 bits per heavy atom. The van der Waals surface area contributed by atoms with Crippen molar-refractivity contribution in [1.29, 1.82) is 5.26 Å². The maximum atomic E-state index is 13.7. The zero-order valence-electron chi connectivity index (χ0n) is 18.7. The molecule has 0 bridgehead atoms. The van der Waals surface area contributed by atoms with Gasteiger partial charge >= 0.3 is 5.97 Å². The van der Waals surface area contributed by atoms with Gasteiger partial charge in [0.15, 0.2) is 0 Å². The Hall–Kier alpha value is -2.45. The summed E-state index contributed by atoms with van der Waals surface area (Å²) in [5.74, 6) is 1.91. The summed E-state index contributed by atoms with van der Waals surface area (Å²) in [6, 6.07) is 13.2. The molecule has 2 fully saturated rings. The molecule has 33 heavy (non-hydrogen) atoms. The first-order chi connectivity index (χ1) is 16.1. The van der Waals surface area contributed by atoms with E-state index < -0.39 is 11.8 Å². The number of benzene rings is 2. The highest BCUT2D eigenvalue weighted by Crippen LogP contribution is 2.44. The van der Waals surface area contributed by atoms with Crippen molar-refractivity contribution >= 4 is 21.9 Å². The number of halogens is 2. The van der Waals surface area contributed by atoms with Crippen LogP contribution in [0.25, 0.3) is 0 Å². The highest BCUT2D eigenvalue weighted by atomic mass is 79.9. The molecule has 4 rings (SSSR count). The van der Waals surface area contributed by atoms with E-state index in [1.807, 2.05) is 17.1 Å². The van der Waals surface area contributed by atoms with Crippen molar-refractivity contribution in [2.24, 2.45) is 17.8 Å². The summed E-state index contributed by atoms with van der Waals surface area (Å²) < 4.78 is 19.0. The molecule has 0 amide bonds. The molecule has 0 radical (unpaired) electrons. The lowest BCUT2D eigenvalue weighted by Gasteiger charge is -2.37. The number of nitriles is 1. The highest BCUT2D eigenvalue weighted by molar-refractivity contribution is 9.11. The first kappa shape index (κ1) is 23.7. The van der Waals surface area contributed by atoms with Crippen LogP contribution in [0.3, 0.4) is 0 Å². The second-order valence-electron chi connectivity index (χ2n) is 9.37. The molecule has 3 nitrogen and oxygen atoms in total. The maximum Gasteiger partial charge on any atom is 0.343 e. The molecular formula is C28H29BrFNO2. The fourth-order valence-electron chi connectivity index (χ4n) is 5.54. The monoisotopic (exact) mass is 509 g/mol. The minimum Gasteiger partial charge on any atom is -0.423 e. The molecule has 0 N–H and O–H groups in total. The molecule has 0 spiro atoms. The number of carbonyl (C=O) groups excluding carboxylic acids is 1. The quantitative estimate of drug-likeness (QED) is 0.303. The Labute approximate surface area is 203 Å². The molecule has 0 aliphatic heterocycles. The van der Waals surface area contributed by atoms with E-state index in [1.54, 1.807) is 18.2 Å². The van der Waals surface area contributed by atoms with Crippen molar-refractivity contribution < 1.29 is 13.9 Å². The summed E-state index contributed by atoms with van der Waals surface area (Å²) in [6.45, 7) is 0. The van der Waals surface area contributed by atoms with Crippen molar-refractivity contribution in [3.8, 4) is 11.8 Å². The number of ether oxygens (including phenoxy) is 1. The van der Waals surface area contributed by atoms with Gasteiger partial charge < -0.3 is 4.74 Å². The molecule has 2 aliphatic carbocycles. The van der Waals surface area contributed by atoms with Crippen LogP contribution in [0.15, 0.2) is 53.5 Å². The SMILES string of the molecule is N#Cc1ccc(OC(=O)c2ccc(C3CCC(C4CCC(/C=C/Br)CC4)CC3)cc2)cc1F. The van der Waals surface area contributed by atoms with Crippen LogP contribution in [-0.2, 0) is 0 Å². The van der Waals surface area contributed by atoms with E-state index in [-0.39, 0.29) is 11.3 Å². The Morgan fingerprint density at radius 3 is 2.18 bits per heavy atom. The molecule has 0 aromatic heterocycles. The smallest absolute Gasteiger partial charge is 0.343 e. The van der Waals surface area contributed by atoms with Gasteiger partial charge in [-0.1, -0.05) is 34.1 Å². The summed E-state index contributed by atoms with van der Waals surface area (Å²) in [4.78, 5) is 14.4. The zero-order chi connectivity index (χ0) is 23.2. The summed E-state index contributed by atoms with van der Waals surface area (Å²) in [5.41, 5.74) is 1.64. The van der Waals surface area contributed by atoms with Gasteiger partial charge in [0.25, 0.3) is 0 Å². The Morgan fingerprint density at radius 2 is 1.61 bits per heavy atom. The van der Waals surface area contributed by atoms with Gasteiger partial charge in [-0.3, -0.25) is 0 Å². The van der Waals surface area contributed by atoms with Crippen molar-refractivity contribution in [1.82, 2.24) is 0 Å². The number of esters is 1. The number of rotatable bonds is 5. The minimum atomic E-state index is -0.697. The van der Waals surface area contributed by atoms with Crippen LogP contribution in [0.5, 0.6) is 5.75 Å². The van der Waals surface area contributed by atoms with Gasteiger partial charge in [-0.15, -0.1) is 0 Å². The second kappa shape index (κ2) is 11.1. The summed E-state index contributed by atoms with van der Waals surface area (Å²) in [6.07, 6.45) is 12.7. The number of nitrogens with zero attached hydrogens (tertiary/aromatic N) is 1. The van der Waals surface area contributed by atoms with Gasteiger partial charge in [0.1, 0.15) is 17.6 Å². The van der Waals surface area contributed by atoms with E-state index in [0.29, 0.717) is 11.5 Å². The third kappa shape index (κ3) is 5.92. The maximum absolute atomic E-state index is 13.7. The Balaban J connectivity index is 1.29. The molecule has 172 valence electrons. The lowest BCUT2D eigenvalue weighted by Crippen LogP contribution is -2.25. The van der Waals surface area contributed by atoms with Crippen molar-refractivity contribution in [2.75, 3.05) is 0 Å². The fourth-order valence-corrected chi connectivity index (χ4v) is 5.97. The number of allylic oxidation sites excluding steroid dienone is 1. The van der Waals surface area contributed by atoms with Gasteiger partial charge in [-0.2, -0.15) is 5.26 Å². The van der Waals surface area contributed by atoms with Crippen LogP contribution in [0.1, 0.15) is 78.8 Å². The molecule has 2 aromatic carbocycles. The van der Waals surface area contributed by atoms with Gasteiger partial charge in [0.05, 0.1) is 11.1 Å². The topological polar surface area (TPSA) is 50.1 Å². The Kier molecular flexibility index (Phi) is 7.98. The number of carbonyl (C=O) groups is 1. The van der Waals surface area contributed by atoms with Gasteiger partial charge in [-0.25, -0.2) is 9.18 Å². The zero-order valence-corrected chi connectivity index (χ0v) is 20.3. The second-order valence-corrected chi connectivity index (χ2v) is 9.90. The van der Waals surface area contributed by atoms with Crippen LogP contribution < -0.4 is 4.74 Å². The molecule has 5 heteroatoms. The molecule has 0 atom stereocenters. The third-order valence-corrected chi connectivity index (χ3v) is 7.79. The lowest BCUT2D eigenvalue weighted by molar-refractivity contribution is 0.0734. The average Bonchev–Trinajstić information content (AvgIpc) is 2.85. The van der Waals surface area contributed by atoms with Crippen molar-refractivity contribution in [3.05, 3.63) is 76.0 Å². The van der Waals surface area contributed by atoms with Crippen LogP contribution >= 0.6 is 15.9 Å². The number of hydrogen-bond donors (Lipinski definition) is 0. The molecule has 2 aliphatic rings. The van der Waals surface area contributed by atoms with Crippen LogP contribution in [-0.4, -0.2) is 5.97 Å². The Bertz CT molecular complexity index is 1030. The third-order valence-electron chi connectivity index (χ3n) is 7.49. The molecule has 0 heterocycles. The molecule has 0 unspecified atom stereocenters. The first-order valence-corrected chi connectivity index (χ1v) is 12.8. The summed E-state index contributed by atoms with van der Waals surface area (Å²) in [7, 11) is 0. The van der Waals surface area contributed by atoms with E-state index in [9.17, 15) is 9.18 Å². The van der Waals surface area contributed by atoms with Crippen LogP contribution in [0.4, 0.5) is 4.39 Å². The summed E-state index contributed by atoms with van der Waals surface area (Å²) in [5, 5.41) is 8.81. The van der Waals surface area contributed by atoms with Crippen LogP contribution in [0.2, 0.25) is 0 Å². The van der Waals surface area contributed by atoms with Crippen molar-refractivity contribution in [2.45, 2.75) is 57.3 Å². The van der Waals surface area contributed by atoms with E-state index in [4.69, 9.17) is 10.00 Å². The fraction of sp³-hybridized carbons (Fsp3) is 0.429. The summed E-state index contributed by atoms with van der Waals surface area (Å²) >= 11 is 3.41. The van der Waals surface area contributed by atoms with E-state index >= 15 is 0 Å². The highest BCUT2D eigenvalue weighted by Gasteiger charge is 2.30. The molecule has 0 saturated heterocycles. The predicted molar refractivity (Wildman–Crippen MR) is 131 cm³/mol. The molecule has 2 aromatic rings.